The lowest BCUT2D eigenvalue weighted by molar-refractivity contribution is 0.102. The number of nitrogens with zero attached hydrogens (tertiary/aromatic N) is 3. The minimum atomic E-state index is -0.397. The molecule has 3 heterocycles. The zero-order chi connectivity index (χ0) is 17.9. The Morgan fingerprint density at radius 1 is 1.19 bits per heavy atom. The van der Waals surface area contributed by atoms with Crippen molar-refractivity contribution in [3.05, 3.63) is 59.5 Å². The molecule has 0 aliphatic carbocycles. The van der Waals surface area contributed by atoms with Crippen LogP contribution < -0.4 is 10.2 Å². The summed E-state index contributed by atoms with van der Waals surface area (Å²) in [6.45, 7) is 2.10. The van der Waals surface area contributed by atoms with E-state index in [4.69, 9.17) is 0 Å². The number of hydrogen-bond donors (Lipinski definition) is 1. The smallest absolute Gasteiger partial charge is 0.275 e. The lowest BCUT2D eigenvalue weighted by Crippen LogP contribution is -2.18. The minimum Gasteiger partial charge on any atom is -0.357 e. The summed E-state index contributed by atoms with van der Waals surface area (Å²) in [6.07, 6.45) is 4.21. The normalized spacial score (nSPS) is 13.8. The molecule has 0 atom stereocenters. The van der Waals surface area contributed by atoms with Gasteiger partial charge < -0.3 is 10.2 Å². The van der Waals surface area contributed by atoms with E-state index in [2.05, 4.69) is 20.2 Å². The van der Waals surface area contributed by atoms with Gasteiger partial charge in [-0.05, 0) is 43.2 Å². The number of hydrogen-bond acceptors (Lipinski definition) is 5. The topological polar surface area (TPSA) is 58.1 Å². The van der Waals surface area contributed by atoms with Crippen molar-refractivity contribution in [3.63, 3.8) is 0 Å². The number of rotatable bonds is 4. The van der Waals surface area contributed by atoms with Gasteiger partial charge in [0.2, 0.25) is 0 Å². The molecule has 3 aromatic rings. The lowest BCUT2D eigenvalue weighted by Gasteiger charge is -2.15. The molecular formula is C19H17FN4OS. The second kappa shape index (κ2) is 7.21. The summed E-state index contributed by atoms with van der Waals surface area (Å²) in [7, 11) is 0. The molecule has 1 aliphatic rings. The van der Waals surface area contributed by atoms with Crippen molar-refractivity contribution in [2.45, 2.75) is 12.8 Å². The third kappa shape index (κ3) is 3.57. The van der Waals surface area contributed by atoms with Gasteiger partial charge in [0.1, 0.15) is 22.3 Å². The molecule has 1 saturated heterocycles. The third-order valence-corrected chi connectivity index (χ3v) is 5.14. The van der Waals surface area contributed by atoms with Gasteiger partial charge in [0.25, 0.3) is 5.91 Å². The molecule has 1 fully saturated rings. The number of pyridine rings is 1. The Morgan fingerprint density at radius 3 is 2.77 bits per heavy atom. The summed E-state index contributed by atoms with van der Waals surface area (Å²) >= 11 is 1.38. The van der Waals surface area contributed by atoms with Gasteiger partial charge in [0.15, 0.2) is 0 Å². The number of anilines is 2. The summed E-state index contributed by atoms with van der Waals surface area (Å²) in [4.78, 5) is 23.5. The van der Waals surface area contributed by atoms with Gasteiger partial charge in [-0.2, -0.15) is 0 Å². The number of nitrogens with one attached hydrogen (secondary N) is 1. The van der Waals surface area contributed by atoms with Crippen LogP contribution in [0.5, 0.6) is 0 Å². The molecule has 0 spiro atoms. The number of carbonyl (C=O) groups excluding carboxylic acids is 1. The Balaban J connectivity index is 1.47. The summed E-state index contributed by atoms with van der Waals surface area (Å²) in [5.41, 5.74) is 1.59. The highest BCUT2D eigenvalue weighted by Crippen LogP contribution is 2.26. The van der Waals surface area contributed by atoms with Gasteiger partial charge in [0, 0.05) is 35.9 Å². The molecule has 132 valence electrons. The predicted molar refractivity (Wildman–Crippen MR) is 101 cm³/mol. The number of halogens is 1. The number of amides is 1. The first kappa shape index (κ1) is 16.7. The van der Waals surface area contributed by atoms with E-state index in [1.165, 1.54) is 36.3 Å². The summed E-state index contributed by atoms with van der Waals surface area (Å²) in [5.74, 6) is 0.220. The summed E-state index contributed by atoms with van der Waals surface area (Å²) < 4.78 is 13.2. The molecule has 2 aromatic heterocycles. The average Bonchev–Trinajstić information content (AvgIpc) is 3.34. The number of aromatic nitrogens is 2. The fourth-order valence-electron chi connectivity index (χ4n) is 2.92. The van der Waals surface area contributed by atoms with Crippen molar-refractivity contribution < 1.29 is 9.18 Å². The standard InChI is InChI=1S/C19H17FN4OS/c20-14-4-3-5-15(10-14)22-18(25)16-12-26-19(23-16)13-6-7-17(21-11-13)24-8-1-2-9-24/h3-7,10-12H,1-2,8-9H2,(H,22,25). The van der Waals surface area contributed by atoms with Crippen LogP contribution in [0.4, 0.5) is 15.9 Å². The highest BCUT2D eigenvalue weighted by Gasteiger charge is 2.15. The second-order valence-electron chi connectivity index (χ2n) is 6.10. The Morgan fingerprint density at radius 2 is 2.04 bits per heavy atom. The monoisotopic (exact) mass is 368 g/mol. The third-order valence-electron chi connectivity index (χ3n) is 4.24. The molecule has 1 aliphatic heterocycles. The van der Waals surface area contributed by atoms with Crippen LogP contribution in [0.2, 0.25) is 0 Å². The number of thiazole rings is 1. The maximum atomic E-state index is 13.2. The first-order valence-electron chi connectivity index (χ1n) is 8.43. The van der Waals surface area contributed by atoms with Crippen LogP contribution in [0.3, 0.4) is 0 Å². The molecular weight excluding hydrogens is 351 g/mol. The largest absolute Gasteiger partial charge is 0.357 e. The van der Waals surface area contributed by atoms with Crippen molar-refractivity contribution in [2.24, 2.45) is 0 Å². The van der Waals surface area contributed by atoms with E-state index in [1.807, 2.05) is 12.1 Å². The van der Waals surface area contributed by atoms with Crippen LogP contribution in [0.25, 0.3) is 10.6 Å². The number of benzene rings is 1. The molecule has 1 amide bonds. The van der Waals surface area contributed by atoms with Gasteiger partial charge in [-0.3, -0.25) is 4.79 Å². The highest BCUT2D eigenvalue weighted by molar-refractivity contribution is 7.13. The fourth-order valence-corrected chi connectivity index (χ4v) is 3.71. The van der Waals surface area contributed by atoms with E-state index in [0.717, 1.165) is 29.5 Å². The molecule has 7 heteroatoms. The SMILES string of the molecule is O=C(Nc1cccc(F)c1)c1csc(-c2ccc(N3CCCC3)nc2)n1. The Bertz CT molecular complexity index is 919. The maximum Gasteiger partial charge on any atom is 0.275 e. The number of carbonyl (C=O) groups is 1. The van der Waals surface area contributed by atoms with Crippen LogP contribution in [-0.2, 0) is 0 Å². The van der Waals surface area contributed by atoms with Crippen LogP contribution in [0, 0.1) is 5.82 Å². The van der Waals surface area contributed by atoms with E-state index >= 15 is 0 Å². The van der Waals surface area contributed by atoms with Crippen LogP contribution in [0.1, 0.15) is 23.3 Å². The first-order chi connectivity index (χ1) is 12.7. The summed E-state index contributed by atoms with van der Waals surface area (Å²) in [5, 5.41) is 5.08. The van der Waals surface area contributed by atoms with Crippen molar-refractivity contribution in [1.82, 2.24) is 9.97 Å². The van der Waals surface area contributed by atoms with Gasteiger partial charge in [-0.15, -0.1) is 11.3 Å². The predicted octanol–water partition coefficient (Wildman–Crippen LogP) is 4.20. The van der Waals surface area contributed by atoms with Crippen molar-refractivity contribution in [2.75, 3.05) is 23.3 Å². The molecule has 5 nitrogen and oxygen atoms in total. The van der Waals surface area contributed by atoms with E-state index in [1.54, 1.807) is 23.7 Å². The molecule has 1 N–H and O–H groups in total. The van der Waals surface area contributed by atoms with E-state index < -0.39 is 5.82 Å². The quantitative estimate of drug-likeness (QED) is 0.750. The Labute approximate surface area is 154 Å². The van der Waals surface area contributed by atoms with Crippen molar-refractivity contribution in [3.8, 4) is 10.6 Å². The minimum absolute atomic E-state index is 0.304. The molecule has 0 bridgehead atoms. The van der Waals surface area contributed by atoms with Crippen LogP contribution >= 0.6 is 11.3 Å². The summed E-state index contributed by atoms with van der Waals surface area (Å²) in [6, 6.07) is 9.75. The molecule has 1 aromatic carbocycles. The van der Waals surface area contributed by atoms with Gasteiger partial charge in [0.05, 0.1) is 0 Å². The average molecular weight is 368 g/mol. The molecule has 26 heavy (non-hydrogen) atoms. The lowest BCUT2D eigenvalue weighted by atomic mass is 10.3. The zero-order valence-corrected chi connectivity index (χ0v) is 14.8. The Hall–Kier alpha value is -2.80. The molecule has 0 radical (unpaired) electrons. The molecule has 0 saturated carbocycles. The zero-order valence-electron chi connectivity index (χ0n) is 14.0. The first-order valence-corrected chi connectivity index (χ1v) is 9.31. The second-order valence-corrected chi connectivity index (χ2v) is 6.96. The maximum absolute atomic E-state index is 13.2. The van der Waals surface area contributed by atoms with Gasteiger partial charge in [-0.1, -0.05) is 6.07 Å². The fraction of sp³-hybridized carbons (Fsp3) is 0.211. The van der Waals surface area contributed by atoms with E-state index in [0.29, 0.717) is 11.4 Å². The molecule has 0 unspecified atom stereocenters. The van der Waals surface area contributed by atoms with Gasteiger partial charge in [-0.25, -0.2) is 14.4 Å². The van der Waals surface area contributed by atoms with Crippen molar-refractivity contribution in [1.29, 1.82) is 0 Å². The van der Waals surface area contributed by atoms with Crippen LogP contribution in [-0.4, -0.2) is 29.0 Å². The van der Waals surface area contributed by atoms with Crippen LogP contribution in [0.15, 0.2) is 48.0 Å². The molecule has 4 rings (SSSR count). The highest BCUT2D eigenvalue weighted by atomic mass is 32.1. The van der Waals surface area contributed by atoms with Gasteiger partial charge >= 0.3 is 0 Å². The van der Waals surface area contributed by atoms with E-state index in [-0.39, 0.29) is 5.91 Å². The van der Waals surface area contributed by atoms with Crippen molar-refractivity contribution >= 4 is 28.7 Å². The van der Waals surface area contributed by atoms with E-state index in [9.17, 15) is 9.18 Å². The Kier molecular flexibility index (Phi) is 4.62.